The van der Waals surface area contributed by atoms with E-state index in [1.807, 2.05) is 0 Å². The molecule has 0 saturated heterocycles. The summed E-state index contributed by atoms with van der Waals surface area (Å²) in [4.78, 5) is 0. The minimum Gasteiger partial charge on any atom is -0.330 e. The topological polar surface area (TPSA) is 26.0 Å². The van der Waals surface area contributed by atoms with Gasteiger partial charge in [-0.25, -0.2) is 0 Å². The summed E-state index contributed by atoms with van der Waals surface area (Å²) in [6.07, 6.45) is 7.33. The number of halogens is 2. The first-order valence-corrected chi connectivity index (χ1v) is 10.5. The zero-order valence-electron chi connectivity index (χ0n) is 14.2. The maximum absolute atomic E-state index is 6.09. The van der Waals surface area contributed by atoms with E-state index in [9.17, 15) is 0 Å². The van der Waals surface area contributed by atoms with Gasteiger partial charge in [0.05, 0.1) is 0 Å². The average molecular weight is 451 g/mol. The Morgan fingerprint density at radius 3 is 1.92 bits per heavy atom. The quantitative estimate of drug-likeness (QED) is 0.461. The molecule has 0 heterocycles. The molecule has 0 unspecified atom stereocenters. The average Bonchev–Trinajstić information content (AvgIpc) is 2.82. The Labute approximate surface area is 162 Å². The molecule has 1 nitrogen and oxygen atoms in total. The van der Waals surface area contributed by atoms with Gasteiger partial charge in [-0.15, -0.1) is 0 Å². The van der Waals surface area contributed by atoms with E-state index < -0.39 is 0 Å². The van der Waals surface area contributed by atoms with E-state index in [4.69, 9.17) is 5.73 Å². The molecule has 2 aromatic carbocycles. The molecule has 0 aliphatic heterocycles. The van der Waals surface area contributed by atoms with Gasteiger partial charge >= 0.3 is 0 Å². The lowest BCUT2D eigenvalue weighted by atomic mass is 9.71. The van der Waals surface area contributed by atoms with E-state index in [1.165, 1.54) is 54.4 Å². The zero-order chi connectivity index (χ0) is 17.2. The van der Waals surface area contributed by atoms with E-state index in [1.54, 1.807) is 0 Å². The monoisotopic (exact) mass is 449 g/mol. The Morgan fingerprint density at radius 2 is 1.42 bits per heavy atom. The van der Waals surface area contributed by atoms with Crippen molar-refractivity contribution in [3.05, 3.63) is 56.5 Å². The van der Waals surface area contributed by atoms with Crippen LogP contribution in [0, 0.1) is 0 Å². The molecule has 1 aliphatic rings. The lowest BCUT2D eigenvalue weighted by molar-refractivity contribution is 0.426. The van der Waals surface area contributed by atoms with E-state index in [2.05, 4.69) is 75.2 Å². The van der Waals surface area contributed by atoms with Crippen molar-refractivity contribution in [2.75, 3.05) is 6.54 Å². The molecule has 0 amide bonds. The Bertz CT molecular complexity index is 672. The highest BCUT2D eigenvalue weighted by atomic mass is 79.9. The van der Waals surface area contributed by atoms with E-state index >= 15 is 0 Å². The molecule has 0 aromatic heterocycles. The molecule has 0 saturated carbocycles. The Kier molecular flexibility index (Phi) is 5.84. The van der Waals surface area contributed by atoms with Crippen molar-refractivity contribution < 1.29 is 0 Å². The van der Waals surface area contributed by atoms with Gasteiger partial charge in [0.25, 0.3) is 0 Å². The lowest BCUT2D eigenvalue weighted by Gasteiger charge is -2.32. The predicted molar refractivity (Wildman–Crippen MR) is 110 cm³/mol. The van der Waals surface area contributed by atoms with Gasteiger partial charge in [0.2, 0.25) is 0 Å². The summed E-state index contributed by atoms with van der Waals surface area (Å²) in [5.41, 5.74) is 11.8. The highest BCUT2D eigenvalue weighted by Gasteiger charge is 2.42. The second-order valence-corrected chi connectivity index (χ2v) is 8.64. The van der Waals surface area contributed by atoms with Crippen LogP contribution in [0.3, 0.4) is 0 Å². The largest absolute Gasteiger partial charge is 0.330 e. The fraction of sp³-hybridized carbons (Fsp3) is 0.429. The Balaban J connectivity index is 2.11. The van der Waals surface area contributed by atoms with Crippen molar-refractivity contribution in [2.24, 2.45) is 5.73 Å². The minimum absolute atomic E-state index is 0.0563. The Morgan fingerprint density at radius 1 is 0.833 bits per heavy atom. The van der Waals surface area contributed by atoms with Gasteiger partial charge in [0.1, 0.15) is 0 Å². The van der Waals surface area contributed by atoms with E-state index in [0.717, 1.165) is 15.4 Å². The summed E-state index contributed by atoms with van der Waals surface area (Å²) in [6.45, 7) is 2.98. The molecule has 3 rings (SSSR count). The summed E-state index contributed by atoms with van der Waals surface area (Å²) in [5.74, 6) is 0. The molecule has 24 heavy (non-hydrogen) atoms. The van der Waals surface area contributed by atoms with Crippen LogP contribution in [0.25, 0.3) is 11.1 Å². The minimum atomic E-state index is 0.0563. The van der Waals surface area contributed by atoms with Gasteiger partial charge in [-0.3, -0.25) is 0 Å². The SMILES string of the molecule is CCCCCCC1(CCN)c2cc(Br)ccc2-c2ccc(Br)cc21. The first-order chi connectivity index (χ1) is 11.6. The summed E-state index contributed by atoms with van der Waals surface area (Å²) in [6, 6.07) is 13.5. The second-order valence-electron chi connectivity index (χ2n) is 6.81. The molecular formula is C21H25Br2N. The number of rotatable bonds is 7. The molecule has 1 aliphatic carbocycles. The maximum Gasteiger partial charge on any atom is 0.0228 e. The van der Waals surface area contributed by atoms with Crippen molar-refractivity contribution in [3.63, 3.8) is 0 Å². The fourth-order valence-corrected chi connectivity index (χ4v) is 4.93. The summed E-state index contributed by atoms with van der Waals surface area (Å²) >= 11 is 7.36. The van der Waals surface area contributed by atoms with Gasteiger partial charge in [-0.05, 0) is 65.9 Å². The third-order valence-corrected chi connectivity index (χ3v) is 6.30. The molecule has 0 fully saturated rings. The normalized spacial score (nSPS) is 14.5. The fourth-order valence-electron chi connectivity index (χ4n) is 4.20. The second kappa shape index (κ2) is 7.72. The van der Waals surface area contributed by atoms with Crippen LogP contribution in [0.1, 0.15) is 56.6 Å². The standard InChI is InChI=1S/C21H25Br2N/c1-2-3-4-5-10-21(11-12-24)19-13-15(22)6-8-17(19)18-9-7-16(23)14-20(18)21/h6-9,13-14H,2-5,10-12,24H2,1H3. The molecular weight excluding hydrogens is 426 g/mol. The van der Waals surface area contributed by atoms with Gasteiger partial charge in [-0.1, -0.05) is 76.6 Å². The number of unbranched alkanes of at least 4 members (excludes halogenated alkanes) is 3. The van der Waals surface area contributed by atoms with Crippen LogP contribution < -0.4 is 5.73 Å². The van der Waals surface area contributed by atoms with E-state index in [0.29, 0.717) is 6.54 Å². The van der Waals surface area contributed by atoms with Gasteiger partial charge < -0.3 is 5.73 Å². The molecule has 2 N–H and O–H groups in total. The van der Waals surface area contributed by atoms with Gasteiger partial charge in [0, 0.05) is 14.4 Å². The third kappa shape index (κ3) is 3.23. The molecule has 0 spiro atoms. The smallest absolute Gasteiger partial charge is 0.0228 e. The highest BCUT2D eigenvalue weighted by Crippen LogP contribution is 2.54. The van der Waals surface area contributed by atoms with Crippen LogP contribution >= 0.6 is 31.9 Å². The molecule has 0 atom stereocenters. The summed E-state index contributed by atoms with van der Waals surface area (Å²) in [7, 11) is 0. The molecule has 0 bridgehead atoms. The first kappa shape index (κ1) is 18.2. The van der Waals surface area contributed by atoms with Crippen LogP contribution in [0.2, 0.25) is 0 Å². The number of hydrogen-bond acceptors (Lipinski definition) is 1. The third-order valence-electron chi connectivity index (χ3n) is 5.31. The van der Waals surface area contributed by atoms with Crippen LogP contribution in [0.15, 0.2) is 45.3 Å². The molecule has 128 valence electrons. The maximum atomic E-state index is 6.09. The van der Waals surface area contributed by atoms with Crippen LogP contribution in [-0.2, 0) is 5.41 Å². The first-order valence-electron chi connectivity index (χ1n) is 8.93. The number of hydrogen-bond donors (Lipinski definition) is 1. The summed E-state index contributed by atoms with van der Waals surface area (Å²) < 4.78 is 2.31. The van der Waals surface area contributed by atoms with Crippen LogP contribution in [0.5, 0.6) is 0 Å². The summed E-state index contributed by atoms with van der Waals surface area (Å²) in [5, 5.41) is 0. The van der Waals surface area contributed by atoms with Crippen molar-refractivity contribution >= 4 is 31.9 Å². The highest BCUT2D eigenvalue weighted by molar-refractivity contribution is 9.10. The number of nitrogens with two attached hydrogens (primary N) is 1. The van der Waals surface area contributed by atoms with Gasteiger partial charge in [-0.2, -0.15) is 0 Å². The molecule has 0 radical (unpaired) electrons. The number of fused-ring (bicyclic) bond motifs is 3. The number of benzene rings is 2. The van der Waals surface area contributed by atoms with Gasteiger partial charge in [0.15, 0.2) is 0 Å². The molecule has 3 heteroatoms. The molecule has 2 aromatic rings. The van der Waals surface area contributed by atoms with Crippen molar-refractivity contribution in [1.29, 1.82) is 0 Å². The van der Waals surface area contributed by atoms with Crippen molar-refractivity contribution in [1.82, 2.24) is 0 Å². The Hall–Kier alpha value is -0.640. The lowest BCUT2D eigenvalue weighted by Crippen LogP contribution is -2.28. The van der Waals surface area contributed by atoms with E-state index in [-0.39, 0.29) is 5.41 Å². The van der Waals surface area contributed by atoms with Crippen LogP contribution in [0.4, 0.5) is 0 Å². The zero-order valence-corrected chi connectivity index (χ0v) is 17.4. The van der Waals surface area contributed by atoms with Crippen LogP contribution in [-0.4, -0.2) is 6.54 Å². The van der Waals surface area contributed by atoms with Crippen molar-refractivity contribution in [2.45, 2.75) is 50.9 Å². The predicted octanol–water partition coefficient (Wildman–Crippen LogP) is 6.80. The van der Waals surface area contributed by atoms with Crippen molar-refractivity contribution in [3.8, 4) is 11.1 Å².